The van der Waals surface area contributed by atoms with Gasteiger partial charge >= 0.3 is 0 Å². The highest BCUT2D eigenvalue weighted by Gasteiger charge is 2.18. The van der Waals surface area contributed by atoms with Gasteiger partial charge in [-0.05, 0) is 24.6 Å². The Balaban J connectivity index is 2.89. The number of methoxy groups -OCH3 is 2. The molecular weight excluding hydrogens is 232 g/mol. The monoisotopic (exact) mass is 252 g/mol. The fourth-order valence-electron chi connectivity index (χ4n) is 1.51. The molecule has 0 heterocycles. The summed E-state index contributed by atoms with van der Waals surface area (Å²) in [5.41, 5.74) is 5.92. The number of hydrogen-bond acceptors (Lipinski definition) is 4. The van der Waals surface area contributed by atoms with Crippen LogP contribution in [0.3, 0.4) is 0 Å². The lowest BCUT2D eigenvalue weighted by atomic mass is 10.1. The Morgan fingerprint density at radius 3 is 2.33 bits per heavy atom. The molecule has 0 aromatic heterocycles. The molecule has 3 N–H and O–H groups in total. The molecule has 0 spiro atoms. The minimum Gasteiger partial charge on any atom is -0.496 e. The average Bonchev–Trinajstić information content (AvgIpc) is 2.43. The normalized spacial score (nSPS) is 11.8. The fourth-order valence-corrected chi connectivity index (χ4v) is 1.51. The second-order valence-electron chi connectivity index (χ2n) is 4.09. The number of benzene rings is 1. The lowest BCUT2D eigenvalue weighted by molar-refractivity contribution is 0.0942. The van der Waals surface area contributed by atoms with Crippen LogP contribution in [0.4, 0.5) is 0 Å². The quantitative estimate of drug-likeness (QED) is 0.793. The van der Waals surface area contributed by atoms with Crippen LogP contribution in [0.2, 0.25) is 0 Å². The zero-order chi connectivity index (χ0) is 13.5. The van der Waals surface area contributed by atoms with Gasteiger partial charge in [-0.2, -0.15) is 0 Å². The molecule has 0 aliphatic heterocycles. The summed E-state index contributed by atoms with van der Waals surface area (Å²) in [4.78, 5) is 12.1. The van der Waals surface area contributed by atoms with Crippen molar-refractivity contribution in [2.75, 3.05) is 27.3 Å². The van der Waals surface area contributed by atoms with Crippen molar-refractivity contribution in [1.82, 2.24) is 5.32 Å². The van der Waals surface area contributed by atoms with E-state index in [1.54, 1.807) is 18.2 Å². The Morgan fingerprint density at radius 1 is 1.33 bits per heavy atom. The molecule has 5 heteroatoms. The number of nitrogens with one attached hydrogen (secondary N) is 1. The maximum absolute atomic E-state index is 12.1. The molecule has 0 aliphatic rings. The first kappa shape index (κ1) is 14.3. The Hall–Kier alpha value is -1.75. The van der Waals surface area contributed by atoms with Gasteiger partial charge in [0.2, 0.25) is 0 Å². The third kappa shape index (κ3) is 3.37. The van der Waals surface area contributed by atoms with Crippen LogP contribution < -0.4 is 20.5 Å². The van der Waals surface area contributed by atoms with Crippen LogP contribution in [-0.2, 0) is 0 Å². The van der Waals surface area contributed by atoms with Gasteiger partial charge in [-0.25, -0.2) is 0 Å². The van der Waals surface area contributed by atoms with E-state index in [0.29, 0.717) is 30.2 Å². The number of carbonyl (C=O) groups is 1. The molecule has 1 aromatic carbocycles. The Bertz CT molecular complexity index is 385. The van der Waals surface area contributed by atoms with E-state index in [-0.39, 0.29) is 11.8 Å². The Kier molecular flexibility index (Phi) is 5.45. The molecule has 1 atom stereocenters. The predicted octanol–water partition coefficient (Wildman–Crippen LogP) is 1.03. The number of nitrogens with two attached hydrogens (primary N) is 1. The van der Waals surface area contributed by atoms with Crippen LogP contribution in [0, 0.1) is 5.92 Å². The van der Waals surface area contributed by atoms with Crippen molar-refractivity contribution >= 4 is 5.91 Å². The number of carbonyl (C=O) groups excluding carboxylic acids is 1. The summed E-state index contributed by atoms with van der Waals surface area (Å²) in [6, 6.07) is 5.23. The first-order valence-electron chi connectivity index (χ1n) is 5.83. The number of ether oxygens (including phenoxy) is 2. The van der Waals surface area contributed by atoms with E-state index >= 15 is 0 Å². The summed E-state index contributed by atoms with van der Waals surface area (Å²) < 4.78 is 10.4. The summed E-state index contributed by atoms with van der Waals surface area (Å²) in [7, 11) is 3.04. The van der Waals surface area contributed by atoms with Crippen molar-refractivity contribution in [2.24, 2.45) is 11.7 Å². The second-order valence-corrected chi connectivity index (χ2v) is 4.09. The summed E-state index contributed by atoms with van der Waals surface area (Å²) in [5, 5.41) is 2.82. The van der Waals surface area contributed by atoms with Crippen molar-refractivity contribution in [1.29, 1.82) is 0 Å². The zero-order valence-corrected chi connectivity index (χ0v) is 11.0. The van der Waals surface area contributed by atoms with Gasteiger partial charge in [0.15, 0.2) is 0 Å². The van der Waals surface area contributed by atoms with Crippen LogP contribution in [-0.4, -0.2) is 33.2 Å². The van der Waals surface area contributed by atoms with E-state index < -0.39 is 0 Å². The van der Waals surface area contributed by atoms with Crippen LogP contribution in [0.5, 0.6) is 11.5 Å². The molecule has 1 aromatic rings. The molecule has 0 saturated carbocycles. The van der Waals surface area contributed by atoms with E-state index in [1.807, 2.05) is 6.92 Å². The third-order valence-electron chi connectivity index (χ3n) is 2.67. The average molecular weight is 252 g/mol. The van der Waals surface area contributed by atoms with Gasteiger partial charge in [0.25, 0.3) is 5.91 Å². The standard InChI is InChI=1S/C13H20N2O3/c1-9(7-14)8-15-13(16)12-10(17-2)5-4-6-11(12)18-3/h4-6,9H,7-8,14H2,1-3H3,(H,15,16). The fraction of sp³-hybridized carbons (Fsp3) is 0.462. The number of amides is 1. The van der Waals surface area contributed by atoms with Crippen molar-refractivity contribution in [3.8, 4) is 11.5 Å². The van der Waals surface area contributed by atoms with Crippen molar-refractivity contribution in [3.05, 3.63) is 23.8 Å². The minimum absolute atomic E-state index is 0.218. The molecule has 0 fully saturated rings. The highest BCUT2D eigenvalue weighted by Crippen LogP contribution is 2.27. The SMILES string of the molecule is COc1cccc(OC)c1C(=O)NCC(C)CN. The van der Waals surface area contributed by atoms with E-state index in [0.717, 1.165) is 0 Å². The third-order valence-corrected chi connectivity index (χ3v) is 2.67. The Labute approximate surface area is 107 Å². The molecule has 0 bridgehead atoms. The summed E-state index contributed by atoms with van der Waals surface area (Å²) >= 11 is 0. The van der Waals surface area contributed by atoms with Crippen LogP contribution in [0.25, 0.3) is 0 Å². The predicted molar refractivity (Wildman–Crippen MR) is 70.1 cm³/mol. The molecule has 100 valence electrons. The maximum atomic E-state index is 12.1. The van der Waals surface area contributed by atoms with Gasteiger partial charge in [0, 0.05) is 6.54 Å². The van der Waals surface area contributed by atoms with E-state index in [9.17, 15) is 4.79 Å². The largest absolute Gasteiger partial charge is 0.496 e. The highest BCUT2D eigenvalue weighted by atomic mass is 16.5. The molecule has 0 radical (unpaired) electrons. The van der Waals surface area contributed by atoms with Crippen LogP contribution in [0.1, 0.15) is 17.3 Å². The molecule has 1 unspecified atom stereocenters. The van der Waals surface area contributed by atoms with Crippen LogP contribution >= 0.6 is 0 Å². The molecule has 0 aliphatic carbocycles. The molecule has 1 rings (SSSR count). The van der Waals surface area contributed by atoms with E-state index in [2.05, 4.69) is 5.32 Å². The van der Waals surface area contributed by atoms with Crippen molar-refractivity contribution < 1.29 is 14.3 Å². The lowest BCUT2D eigenvalue weighted by Crippen LogP contribution is -2.31. The first-order chi connectivity index (χ1) is 8.63. The first-order valence-corrected chi connectivity index (χ1v) is 5.83. The topological polar surface area (TPSA) is 73.6 Å². The summed E-state index contributed by atoms with van der Waals surface area (Å²) in [6.07, 6.45) is 0. The zero-order valence-electron chi connectivity index (χ0n) is 11.0. The maximum Gasteiger partial charge on any atom is 0.258 e. The van der Waals surface area contributed by atoms with Gasteiger partial charge in [0.1, 0.15) is 17.1 Å². The van der Waals surface area contributed by atoms with E-state index in [4.69, 9.17) is 15.2 Å². The minimum atomic E-state index is -0.218. The number of hydrogen-bond donors (Lipinski definition) is 2. The van der Waals surface area contributed by atoms with Gasteiger partial charge in [-0.3, -0.25) is 4.79 Å². The molecular formula is C13H20N2O3. The second kappa shape index (κ2) is 6.86. The van der Waals surface area contributed by atoms with Crippen LogP contribution in [0.15, 0.2) is 18.2 Å². The molecule has 18 heavy (non-hydrogen) atoms. The van der Waals surface area contributed by atoms with Gasteiger partial charge in [0.05, 0.1) is 14.2 Å². The highest BCUT2D eigenvalue weighted by molar-refractivity contribution is 5.99. The van der Waals surface area contributed by atoms with Crippen molar-refractivity contribution in [3.63, 3.8) is 0 Å². The van der Waals surface area contributed by atoms with E-state index in [1.165, 1.54) is 14.2 Å². The summed E-state index contributed by atoms with van der Waals surface area (Å²) in [6.45, 7) is 3.03. The van der Waals surface area contributed by atoms with Gasteiger partial charge < -0.3 is 20.5 Å². The number of rotatable bonds is 6. The Morgan fingerprint density at radius 2 is 1.89 bits per heavy atom. The molecule has 1 amide bonds. The van der Waals surface area contributed by atoms with Gasteiger partial charge in [-0.15, -0.1) is 0 Å². The smallest absolute Gasteiger partial charge is 0.258 e. The molecule has 0 saturated heterocycles. The van der Waals surface area contributed by atoms with Gasteiger partial charge in [-0.1, -0.05) is 13.0 Å². The van der Waals surface area contributed by atoms with Crippen molar-refractivity contribution in [2.45, 2.75) is 6.92 Å². The lowest BCUT2D eigenvalue weighted by Gasteiger charge is -2.14. The summed E-state index contributed by atoms with van der Waals surface area (Å²) in [5.74, 6) is 0.999. The molecule has 5 nitrogen and oxygen atoms in total.